The van der Waals surface area contributed by atoms with Crippen LogP contribution in [0.25, 0.3) is 0 Å². The van der Waals surface area contributed by atoms with Crippen LogP contribution in [0.4, 0.5) is 4.79 Å². The van der Waals surface area contributed by atoms with Gasteiger partial charge < -0.3 is 10.6 Å². The summed E-state index contributed by atoms with van der Waals surface area (Å²) in [5.74, 6) is 0.429. The molecule has 106 valence electrons. The van der Waals surface area contributed by atoms with Gasteiger partial charge >= 0.3 is 6.03 Å². The Morgan fingerprint density at radius 2 is 2.25 bits per heavy atom. The highest BCUT2D eigenvalue weighted by Gasteiger charge is 2.07. The molecule has 2 heterocycles. The van der Waals surface area contributed by atoms with E-state index in [0.717, 1.165) is 12.0 Å². The third-order valence-electron chi connectivity index (χ3n) is 2.92. The number of carbonyl (C=O) groups is 1. The normalized spacial score (nSPS) is 11.8. The molecule has 20 heavy (non-hydrogen) atoms. The van der Waals surface area contributed by atoms with Gasteiger partial charge in [-0.15, -0.1) is 11.3 Å². The van der Waals surface area contributed by atoms with Crippen molar-refractivity contribution in [2.75, 3.05) is 6.54 Å². The average Bonchev–Trinajstić information content (AvgIpc) is 2.97. The molecule has 0 spiro atoms. The van der Waals surface area contributed by atoms with Crippen LogP contribution in [0, 0.1) is 5.92 Å². The lowest BCUT2D eigenvalue weighted by Crippen LogP contribution is -2.37. The highest BCUT2D eigenvalue weighted by Crippen LogP contribution is 2.13. The fourth-order valence-electron chi connectivity index (χ4n) is 1.86. The van der Waals surface area contributed by atoms with Crippen molar-refractivity contribution in [3.05, 3.63) is 52.5 Å². The topological polar surface area (TPSA) is 54.0 Å². The van der Waals surface area contributed by atoms with E-state index in [1.807, 2.05) is 12.1 Å². The Balaban J connectivity index is 1.64. The number of aromatic nitrogens is 1. The van der Waals surface area contributed by atoms with Crippen LogP contribution in [0.1, 0.15) is 17.4 Å². The molecule has 5 heteroatoms. The number of pyridine rings is 1. The largest absolute Gasteiger partial charge is 0.338 e. The van der Waals surface area contributed by atoms with E-state index in [0.29, 0.717) is 19.0 Å². The standard InChI is InChI=1S/C15H19N3OS/c1-12(8-14-5-3-7-20-14)9-17-15(19)18-11-13-4-2-6-16-10-13/h2-7,10,12H,8-9,11H2,1H3,(H2,17,18,19)/t12-/m0/s1. The lowest BCUT2D eigenvalue weighted by Gasteiger charge is -2.12. The van der Waals surface area contributed by atoms with Gasteiger partial charge in [0.15, 0.2) is 0 Å². The number of rotatable bonds is 6. The van der Waals surface area contributed by atoms with Crippen LogP contribution in [0.15, 0.2) is 42.0 Å². The summed E-state index contributed by atoms with van der Waals surface area (Å²) >= 11 is 1.76. The molecule has 0 radical (unpaired) electrons. The average molecular weight is 289 g/mol. The molecule has 0 fully saturated rings. The van der Waals surface area contributed by atoms with Gasteiger partial charge in [0, 0.05) is 30.4 Å². The Labute approximate surface area is 123 Å². The maximum absolute atomic E-state index is 11.7. The van der Waals surface area contributed by atoms with Gasteiger partial charge in [0.2, 0.25) is 0 Å². The van der Waals surface area contributed by atoms with Crippen molar-refractivity contribution >= 4 is 17.4 Å². The second-order valence-electron chi connectivity index (χ2n) is 4.81. The lowest BCUT2D eigenvalue weighted by atomic mass is 10.1. The minimum atomic E-state index is -0.133. The Hall–Kier alpha value is -1.88. The third kappa shape index (κ3) is 5.01. The number of urea groups is 1. The molecule has 2 aromatic rings. The molecule has 0 aliphatic carbocycles. The van der Waals surface area contributed by atoms with Crippen LogP contribution in [0.5, 0.6) is 0 Å². The fourth-order valence-corrected chi connectivity index (χ4v) is 2.73. The van der Waals surface area contributed by atoms with E-state index in [1.165, 1.54) is 4.88 Å². The summed E-state index contributed by atoms with van der Waals surface area (Å²) in [6, 6.07) is 7.85. The molecular formula is C15H19N3OS. The zero-order valence-electron chi connectivity index (χ0n) is 11.5. The van der Waals surface area contributed by atoms with Gasteiger partial charge in [-0.2, -0.15) is 0 Å². The fraction of sp³-hybridized carbons (Fsp3) is 0.333. The lowest BCUT2D eigenvalue weighted by molar-refractivity contribution is 0.239. The number of hydrogen-bond acceptors (Lipinski definition) is 3. The highest BCUT2D eigenvalue weighted by atomic mass is 32.1. The summed E-state index contributed by atoms with van der Waals surface area (Å²) in [5, 5.41) is 7.80. The van der Waals surface area contributed by atoms with Crippen LogP contribution < -0.4 is 10.6 Å². The van der Waals surface area contributed by atoms with Crippen LogP contribution in [-0.4, -0.2) is 17.6 Å². The Morgan fingerprint density at radius 3 is 2.95 bits per heavy atom. The number of nitrogens with zero attached hydrogens (tertiary/aromatic N) is 1. The number of nitrogens with one attached hydrogen (secondary N) is 2. The van der Waals surface area contributed by atoms with Crippen molar-refractivity contribution < 1.29 is 4.79 Å². The van der Waals surface area contributed by atoms with Crippen LogP contribution in [-0.2, 0) is 13.0 Å². The minimum Gasteiger partial charge on any atom is -0.338 e. The zero-order valence-corrected chi connectivity index (χ0v) is 12.3. The van der Waals surface area contributed by atoms with E-state index in [2.05, 4.69) is 40.1 Å². The first-order valence-corrected chi connectivity index (χ1v) is 7.55. The first kappa shape index (κ1) is 14.5. The molecule has 0 aromatic carbocycles. The summed E-state index contributed by atoms with van der Waals surface area (Å²) in [7, 11) is 0. The number of hydrogen-bond donors (Lipinski definition) is 2. The van der Waals surface area contributed by atoms with Gasteiger partial charge in [0.1, 0.15) is 0 Å². The molecule has 0 aliphatic heterocycles. The summed E-state index contributed by atoms with van der Waals surface area (Å²) < 4.78 is 0. The molecule has 2 aromatic heterocycles. The van der Waals surface area contributed by atoms with Gasteiger partial charge in [-0.1, -0.05) is 19.1 Å². The molecule has 0 bridgehead atoms. The first-order valence-electron chi connectivity index (χ1n) is 6.67. The summed E-state index contributed by atoms with van der Waals surface area (Å²) in [6.07, 6.45) is 4.47. The number of amides is 2. The van der Waals surface area contributed by atoms with E-state index in [-0.39, 0.29) is 6.03 Å². The predicted octanol–water partition coefficient (Wildman–Crippen LogP) is 2.82. The molecule has 2 N–H and O–H groups in total. The van der Waals surface area contributed by atoms with E-state index in [4.69, 9.17) is 0 Å². The smallest absolute Gasteiger partial charge is 0.315 e. The van der Waals surface area contributed by atoms with E-state index in [1.54, 1.807) is 23.7 Å². The Kier molecular flexibility index (Phi) is 5.55. The van der Waals surface area contributed by atoms with Crippen molar-refractivity contribution in [3.8, 4) is 0 Å². The van der Waals surface area contributed by atoms with Crippen LogP contribution in [0.2, 0.25) is 0 Å². The molecule has 1 atom stereocenters. The number of thiophene rings is 1. The minimum absolute atomic E-state index is 0.133. The second-order valence-corrected chi connectivity index (χ2v) is 5.85. The molecule has 2 rings (SSSR count). The van der Waals surface area contributed by atoms with E-state index >= 15 is 0 Å². The molecule has 4 nitrogen and oxygen atoms in total. The maximum Gasteiger partial charge on any atom is 0.315 e. The highest BCUT2D eigenvalue weighted by molar-refractivity contribution is 7.09. The number of carbonyl (C=O) groups excluding carboxylic acids is 1. The SMILES string of the molecule is C[C@H](CNC(=O)NCc1cccnc1)Cc1cccs1. The van der Waals surface area contributed by atoms with Crippen molar-refractivity contribution in [1.82, 2.24) is 15.6 Å². The van der Waals surface area contributed by atoms with E-state index in [9.17, 15) is 4.79 Å². The molecule has 0 unspecified atom stereocenters. The van der Waals surface area contributed by atoms with Gasteiger partial charge in [-0.3, -0.25) is 4.98 Å². The second kappa shape index (κ2) is 7.65. The Morgan fingerprint density at radius 1 is 1.35 bits per heavy atom. The molecule has 0 saturated heterocycles. The third-order valence-corrected chi connectivity index (χ3v) is 3.82. The summed E-state index contributed by atoms with van der Waals surface area (Å²) in [4.78, 5) is 17.0. The van der Waals surface area contributed by atoms with Crippen molar-refractivity contribution in [1.29, 1.82) is 0 Å². The first-order chi connectivity index (χ1) is 9.74. The van der Waals surface area contributed by atoms with E-state index < -0.39 is 0 Å². The summed E-state index contributed by atoms with van der Waals surface area (Å²) in [6.45, 7) is 3.32. The van der Waals surface area contributed by atoms with Crippen LogP contribution in [0.3, 0.4) is 0 Å². The molecule has 0 aliphatic rings. The Bertz CT molecular complexity index is 513. The van der Waals surface area contributed by atoms with Crippen molar-refractivity contribution in [2.45, 2.75) is 19.9 Å². The van der Waals surface area contributed by atoms with Crippen molar-refractivity contribution in [2.24, 2.45) is 5.92 Å². The van der Waals surface area contributed by atoms with Gasteiger partial charge in [0.25, 0.3) is 0 Å². The van der Waals surface area contributed by atoms with Gasteiger partial charge in [-0.25, -0.2) is 4.79 Å². The predicted molar refractivity (Wildman–Crippen MR) is 81.7 cm³/mol. The monoisotopic (exact) mass is 289 g/mol. The molecule has 0 saturated carbocycles. The zero-order chi connectivity index (χ0) is 14.2. The molecule has 2 amide bonds. The van der Waals surface area contributed by atoms with Gasteiger partial charge in [-0.05, 0) is 35.4 Å². The van der Waals surface area contributed by atoms with Crippen molar-refractivity contribution in [3.63, 3.8) is 0 Å². The quantitative estimate of drug-likeness (QED) is 0.859. The van der Waals surface area contributed by atoms with Crippen LogP contribution >= 0.6 is 11.3 Å². The summed E-state index contributed by atoms with van der Waals surface area (Å²) in [5.41, 5.74) is 0.995. The van der Waals surface area contributed by atoms with Gasteiger partial charge in [0.05, 0.1) is 0 Å². The molecular weight excluding hydrogens is 270 g/mol. The maximum atomic E-state index is 11.7.